The molecule has 11 heteroatoms. The first-order valence-electron chi connectivity index (χ1n) is 13.4. The van der Waals surface area contributed by atoms with Crippen molar-refractivity contribution in [1.29, 1.82) is 0 Å². The minimum absolute atomic E-state index is 0.0609. The summed E-state index contributed by atoms with van der Waals surface area (Å²) in [6, 6.07) is 20.3. The zero-order valence-corrected chi connectivity index (χ0v) is 22.7. The molecular formula is C30H31N5O6. The van der Waals surface area contributed by atoms with Gasteiger partial charge in [-0.2, -0.15) is 0 Å². The molecule has 2 aliphatic heterocycles. The first-order valence-corrected chi connectivity index (χ1v) is 13.4. The molecule has 0 saturated heterocycles. The van der Waals surface area contributed by atoms with Crippen molar-refractivity contribution in [3.8, 4) is 17.2 Å². The Labute approximate surface area is 237 Å². The van der Waals surface area contributed by atoms with E-state index in [1.165, 1.54) is 0 Å². The molecule has 3 aromatic rings. The van der Waals surface area contributed by atoms with Gasteiger partial charge in [0.1, 0.15) is 11.9 Å². The van der Waals surface area contributed by atoms with Crippen LogP contribution in [0.1, 0.15) is 35.6 Å². The number of fused-ring (bicyclic) bond motifs is 1. The molecule has 0 fully saturated rings. The third kappa shape index (κ3) is 6.21. The summed E-state index contributed by atoms with van der Waals surface area (Å²) in [5, 5.41) is 15.8. The summed E-state index contributed by atoms with van der Waals surface area (Å²) < 4.78 is 22.7. The highest BCUT2D eigenvalue weighted by Gasteiger charge is 2.50. The van der Waals surface area contributed by atoms with Gasteiger partial charge in [0.15, 0.2) is 17.0 Å². The predicted octanol–water partition coefficient (Wildman–Crippen LogP) is 4.45. The van der Waals surface area contributed by atoms with Crippen molar-refractivity contribution < 1.29 is 28.8 Å². The third-order valence-corrected chi connectivity index (χ3v) is 7.10. The van der Waals surface area contributed by atoms with Crippen molar-refractivity contribution >= 4 is 11.8 Å². The van der Waals surface area contributed by atoms with Crippen molar-refractivity contribution in [3.05, 3.63) is 99.4 Å². The first kappa shape index (κ1) is 27.8. The lowest BCUT2D eigenvalue weighted by atomic mass is 9.84. The number of nitrogens with zero attached hydrogens (tertiary/aromatic N) is 4. The third-order valence-electron chi connectivity index (χ3n) is 7.10. The number of amides is 1. The number of ether oxygens (including phenoxy) is 4. The van der Waals surface area contributed by atoms with E-state index in [0.29, 0.717) is 41.7 Å². The Kier molecular flexibility index (Phi) is 8.57. The zero-order chi connectivity index (χ0) is 28.7. The second-order valence-corrected chi connectivity index (χ2v) is 9.76. The van der Waals surface area contributed by atoms with E-state index < -0.39 is 11.6 Å². The Balaban J connectivity index is 1.43. The molecule has 0 saturated carbocycles. The molecule has 0 radical (unpaired) electrons. The summed E-state index contributed by atoms with van der Waals surface area (Å²) in [5.74, 6) is 2.03. The van der Waals surface area contributed by atoms with Gasteiger partial charge in [0.2, 0.25) is 12.7 Å². The van der Waals surface area contributed by atoms with Gasteiger partial charge >= 0.3 is 0 Å². The number of aliphatic hydroxyl groups excluding tert-OH is 1. The number of azide groups is 1. The second kappa shape index (κ2) is 12.6. The number of hydrogen-bond donors (Lipinski definition) is 2. The normalized spacial score (nSPS) is 18.7. The van der Waals surface area contributed by atoms with Gasteiger partial charge in [-0.3, -0.25) is 4.79 Å². The maximum Gasteiger partial charge on any atom is 0.252 e. The van der Waals surface area contributed by atoms with Gasteiger partial charge in [-0.15, -0.1) is 0 Å². The van der Waals surface area contributed by atoms with E-state index in [1.807, 2.05) is 61.5 Å². The highest BCUT2D eigenvalue weighted by Crippen LogP contribution is 2.35. The molecule has 41 heavy (non-hydrogen) atoms. The maximum absolute atomic E-state index is 14.0. The summed E-state index contributed by atoms with van der Waals surface area (Å²) in [4.78, 5) is 21.8. The molecule has 11 nitrogen and oxygen atoms in total. The molecule has 0 unspecified atom stereocenters. The molecule has 0 bridgehead atoms. The largest absolute Gasteiger partial charge is 0.494 e. The van der Waals surface area contributed by atoms with Crippen LogP contribution < -0.4 is 19.5 Å². The monoisotopic (exact) mass is 557 g/mol. The Bertz CT molecular complexity index is 1470. The van der Waals surface area contributed by atoms with Crippen LogP contribution in [0.4, 0.5) is 0 Å². The van der Waals surface area contributed by atoms with Crippen LogP contribution in [-0.2, 0) is 29.0 Å². The summed E-state index contributed by atoms with van der Waals surface area (Å²) >= 11 is 0. The molecule has 2 heterocycles. The smallest absolute Gasteiger partial charge is 0.252 e. The van der Waals surface area contributed by atoms with Crippen molar-refractivity contribution in [2.45, 2.75) is 44.5 Å². The molecule has 5 rings (SSSR count). The van der Waals surface area contributed by atoms with Crippen molar-refractivity contribution in [1.82, 2.24) is 5.32 Å². The average Bonchev–Trinajstić information content (AvgIpc) is 3.60. The van der Waals surface area contributed by atoms with E-state index in [2.05, 4.69) is 15.3 Å². The van der Waals surface area contributed by atoms with Crippen LogP contribution in [0.5, 0.6) is 17.2 Å². The SMILES string of the molecule is C[C@H]1OC(c2ccc(OCCCO)cc2)=N[C@@]1(Cc1ccccc1CN=[N+]=[N-])C(=O)NCc1ccc2c(c1)OCO2. The van der Waals surface area contributed by atoms with Gasteiger partial charge in [0, 0.05) is 36.5 Å². The Morgan fingerprint density at radius 2 is 1.93 bits per heavy atom. The Morgan fingerprint density at radius 1 is 1.15 bits per heavy atom. The van der Waals surface area contributed by atoms with E-state index in [4.69, 9.17) is 34.6 Å². The fraction of sp³-hybridized carbons (Fsp3) is 0.333. The number of rotatable bonds is 12. The lowest BCUT2D eigenvalue weighted by Gasteiger charge is -2.29. The summed E-state index contributed by atoms with van der Waals surface area (Å²) in [6.07, 6.45) is 0.187. The first-order chi connectivity index (χ1) is 20.0. The molecule has 2 N–H and O–H groups in total. The fourth-order valence-electron chi connectivity index (χ4n) is 4.81. The number of hydrogen-bond acceptors (Lipinski definition) is 8. The lowest BCUT2D eigenvalue weighted by molar-refractivity contribution is -0.128. The van der Waals surface area contributed by atoms with E-state index in [0.717, 1.165) is 16.7 Å². The van der Waals surface area contributed by atoms with Crippen LogP contribution in [0.25, 0.3) is 10.4 Å². The van der Waals surface area contributed by atoms with Crippen LogP contribution in [0.15, 0.2) is 76.8 Å². The van der Waals surface area contributed by atoms with Crippen LogP contribution in [0.3, 0.4) is 0 Å². The predicted molar refractivity (Wildman–Crippen MR) is 151 cm³/mol. The van der Waals surface area contributed by atoms with Gasteiger partial charge in [0.25, 0.3) is 5.91 Å². The number of carbonyl (C=O) groups excluding carboxylic acids is 1. The summed E-state index contributed by atoms with van der Waals surface area (Å²) in [6.45, 7) is 2.89. The Hall–Kier alpha value is -4.73. The molecular weight excluding hydrogens is 526 g/mol. The topological polar surface area (TPSA) is 147 Å². The van der Waals surface area contributed by atoms with Crippen LogP contribution in [-0.4, -0.2) is 48.6 Å². The molecule has 2 atom stereocenters. The second-order valence-electron chi connectivity index (χ2n) is 9.76. The van der Waals surface area contributed by atoms with E-state index in [-0.39, 0.29) is 38.8 Å². The van der Waals surface area contributed by atoms with Gasteiger partial charge < -0.3 is 29.4 Å². The molecule has 3 aromatic carbocycles. The van der Waals surface area contributed by atoms with E-state index >= 15 is 0 Å². The molecule has 1 amide bonds. The standard InChI is InChI=1S/C30H31N5O6/c1-20-30(16-23-5-2-3-6-24(23)18-33-35-31,29(37)32-17-21-7-12-26-27(15-21)40-19-39-26)34-28(41-20)22-8-10-25(11-9-22)38-14-4-13-36/h2-3,5-12,15,20,36H,4,13-14,16-19H2,1H3,(H,32,37)/t20-,30-/m1/s1. The minimum Gasteiger partial charge on any atom is -0.494 e. The quantitative estimate of drug-likeness (QED) is 0.146. The molecule has 0 aliphatic carbocycles. The number of carbonyl (C=O) groups is 1. The number of nitrogens with one attached hydrogen (secondary N) is 1. The number of benzene rings is 3. The lowest BCUT2D eigenvalue weighted by Crippen LogP contribution is -2.52. The molecule has 212 valence electrons. The fourth-order valence-corrected chi connectivity index (χ4v) is 4.81. The van der Waals surface area contributed by atoms with Gasteiger partial charge in [-0.1, -0.05) is 35.4 Å². The van der Waals surface area contributed by atoms with E-state index in [9.17, 15) is 4.79 Å². The van der Waals surface area contributed by atoms with Gasteiger partial charge in [-0.05, 0) is 65.5 Å². The van der Waals surface area contributed by atoms with Crippen LogP contribution in [0, 0.1) is 0 Å². The number of aliphatic hydroxyl groups is 1. The average molecular weight is 558 g/mol. The molecule has 0 aromatic heterocycles. The number of aliphatic imine (C=N–C) groups is 1. The van der Waals surface area contributed by atoms with Crippen molar-refractivity contribution in [2.24, 2.45) is 10.1 Å². The van der Waals surface area contributed by atoms with Crippen molar-refractivity contribution in [2.75, 3.05) is 20.0 Å². The van der Waals surface area contributed by atoms with Gasteiger partial charge in [0.05, 0.1) is 13.2 Å². The minimum atomic E-state index is -1.28. The van der Waals surface area contributed by atoms with Crippen LogP contribution >= 0.6 is 0 Å². The maximum atomic E-state index is 14.0. The molecule has 0 spiro atoms. The van der Waals surface area contributed by atoms with Crippen molar-refractivity contribution in [3.63, 3.8) is 0 Å². The van der Waals surface area contributed by atoms with Crippen LogP contribution in [0.2, 0.25) is 0 Å². The summed E-state index contributed by atoms with van der Waals surface area (Å²) in [7, 11) is 0. The van der Waals surface area contributed by atoms with Gasteiger partial charge in [-0.25, -0.2) is 4.99 Å². The highest BCUT2D eigenvalue weighted by atomic mass is 16.7. The zero-order valence-electron chi connectivity index (χ0n) is 22.7. The highest BCUT2D eigenvalue weighted by molar-refractivity contribution is 6.01. The Morgan fingerprint density at radius 3 is 2.71 bits per heavy atom. The summed E-state index contributed by atoms with van der Waals surface area (Å²) in [5.41, 5.74) is 10.8. The van der Waals surface area contributed by atoms with E-state index in [1.54, 1.807) is 12.1 Å². The molecule has 2 aliphatic rings.